The maximum absolute atomic E-state index is 12.8. The van der Waals surface area contributed by atoms with E-state index in [9.17, 15) is 4.79 Å². The second-order valence-corrected chi connectivity index (χ2v) is 6.47. The summed E-state index contributed by atoms with van der Waals surface area (Å²) in [6.45, 7) is 5.55. The Kier molecular flexibility index (Phi) is 5.65. The number of piperazine rings is 1. The fourth-order valence-electron chi connectivity index (χ4n) is 3.14. The smallest absolute Gasteiger partial charge is 0.242 e. The molecule has 126 valence electrons. The van der Waals surface area contributed by atoms with E-state index >= 15 is 0 Å². The number of benzene rings is 1. The van der Waals surface area contributed by atoms with Crippen molar-refractivity contribution in [2.75, 3.05) is 46.4 Å². The van der Waals surface area contributed by atoms with Crippen LogP contribution in [0.5, 0.6) is 0 Å². The standard InChI is InChI=1S/C18H27N3O2/c1-23-14-13-20-9-11-21(12-10-20)17(15-5-3-2-4-6-15)18(22)19-16-7-8-16/h2-6,16-17H,7-14H2,1H3,(H,19,22)/t17-/m0/s1. The molecule has 1 heterocycles. The van der Waals surface area contributed by atoms with E-state index in [1.807, 2.05) is 18.2 Å². The first-order chi connectivity index (χ1) is 11.3. The van der Waals surface area contributed by atoms with Crippen molar-refractivity contribution in [3.63, 3.8) is 0 Å². The Morgan fingerprint density at radius 1 is 1.22 bits per heavy atom. The molecule has 2 fully saturated rings. The summed E-state index contributed by atoms with van der Waals surface area (Å²) in [4.78, 5) is 17.5. The summed E-state index contributed by atoms with van der Waals surface area (Å²) in [5.41, 5.74) is 1.09. The number of nitrogens with zero attached hydrogens (tertiary/aromatic N) is 2. The monoisotopic (exact) mass is 317 g/mol. The molecular weight excluding hydrogens is 290 g/mol. The number of rotatable bonds is 7. The molecule has 1 aliphatic carbocycles. The highest BCUT2D eigenvalue weighted by atomic mass is 16.5. The second-order valence-electron chi connectivity index (χ2n) is 6.47. The van der Waals surface area contributed by atoms with Gasteiger partial charge in [0.15, 0.2) is 0 Å². The summed E-state index contributed by atoms with van der Waals surface area (Å²) in [7, 11) is 1.74. The maximum Gasteiger partial charge on any atom is 0.242 e. The van der Waals surface area contributed by atoms with Gasteiger partial charge in [-0.1, -0.05) is 30.3 Å². The van der Waals surface area contributed by atoms with Gasteiger partial charge in [0.1, 0.15) is 6.04 Å². The Morgan fingerprint density at radius 3 is 2.52 bits per heavy atom. The number of carbonyl (C=O) groups excluding carboxylic acids is 1. The zero-order chi connectivity index (χ0) is 16.1. The number of amides is 1. The van der Waals surface area contributed by atoms with Gasteiger partial charge in [0.2, 0.25) is 5.91 Å². The normalized spacial score (nSPS) is 21.1. The van der Waals surface area contributed by atoms with E-state index in [0.29, 0.717) is 6.04 Å². The number of nitrogens with one attached hydrogen (secondary N) is 1. The van der Waals surface area contributed by atoms with Crippen molar-refractivity contribution in [2.24, 2.45) is 0 Å². The van der Waals surface area contributed by atoms with Gasteiger partial charge >= 0.3 is 0 Å². The van der Waals surface area contributed by atoms with Gasteiger partial charge in [0.25, 0.3) is 0 Å². The predicted molar refractivity (Wildman–Crippen MR) is 90.2 cm³/mol. The summed E-state index contributed by atoms with van der Waals surface area (Å²) >= 11 is 0. The van der Waals surface area contributed by atoms with Crippen molar-refractivity contribution >= 4 is 5.91 Å². The van der Waals surface area contributed by atoms with Gasteiger partial charge in [0.05, 0.1) is 6.61 Å². The van der Waals surface area contributed by atoms with Crippen LogP contribution in [0, 0.1) is 0 Å². The molecule has 23 heavy (non-hydrogen) atoms. The van der Waals surface area contributed by atoms with Crippen molar-refractivity contribution in [1.82, 2.24) is 15.1 Å². The molecule has 1 aromatic rings. The third-order valence-corrected chi connectivity index (χ3v) is 4.67. The summed E-state index contributed by atoms with van der Waals surface area (Å²) in [5.74, 6) is 0.157. The predicted octanol–water partition coefficient (Wildman–Crippen LogP) is 1.27. The minimum atomic E-state index is -0.165. The average molecular weight is 317 g/mol. The second kappa shape index (κ2) is 7.90. The third-order valence-electron chi connectivity index (χ3n) is 4.67. The highest BCUT2D eigenvalue weighted by molar-refractivity contribution is 5.83. The first-order valence-electron chi connectivity index (χ1n) is 8.58. The first-order valence-corrected chi connectivity index (χ1v) is 8.58. The van der Waals surface area contributed by atoms with Gasteiger partial charge in [-0.15, -0.1) is 0 Å². The van der Waals surface area contributed by atoms with Crippen molar-refractivity contribution in [2.45, 2.75) is 24.9 Å². The molecule has 1 aliphatic heterocycles. The summed E-state index contributed by atoms with van der Waals surface area (Å²) in [6.07, 6.45) is 2.25. The number of hydrogen-bond acceptors (Lipinski definition) is 4. The van der Waals surface area contributed by atoms with Crippen LogP contribution < -0.4 is 5.32 Å². The van der Waals surface area contributed by atoms with E-state index < -0.39 is 0 Å². The molecule has 5 heteroatoms. The van der Waals surface area contributed by atoms with Gasteiger partial charge in [-0.2, -0.15) is 0 Å². The lowest BCUT2D eigenvalue weighted by molar-refractivity contribution is -0.127. The van der Waals surface area contributed by atoms with E-state index in [0.717, 1.165) is 57.7 Å². The fraction of sp³-hybridized carbons (Fsp3) is 0.611. The number of methoxy groups -OCH3 is 1. The number of carbonyl (C=O) groups is 1. The lowest BCUT2D eigenvalue weighted by Gasteiger charge is -2.38. The quantitative estimate of drug-likeness (QED) is 0.823. The zero-order valence-corrected chi connectivity index (χ0v) is 13.9. The average Bonchev–Trinajstić information content (AvgIpc) is 3.39. The van der Waals surface area contributed by atoms with Crippen LogP contribution in [0.2, 0.25) is 0 Å². The Labute approximate surface area is 138 Å². The Morgan fingerprint density at radius 2 is 1.91 bits per heavy atom. The number of ether oxygens (including phenoxy) is 1. The Bertz CT molecular complexity index is 496. The summed E-state index contributed by atoms with van der Waals surface area (Å²) in [6, 6.07) is 10.4. The Hall–Kier alpha value is -1.43. The first kappa shape index (κ1) is 16.4. The topological polar surface area (TPSA) is 44.8 Å². The molecule has 0 bridgehead atoms. The van der Waals surface area contributed by atoms with E-state index in [-0.39, 0.29) is 11.9 Å². The summed E-state index contributed by atoms with van der Waals surface area (Å²) < 4.78 is 5.16. The molecular formula is C18H27N3O2. The number of hydrogen-bond donors (Lipinski definition) is 1. The van der Waals surface area contributed by atoms with Gasteiger partial charge in [-0.25, -0.2) is 0 Å². The van der Waals surface area contributed by atoms with Crippen LogP contribution in [0.25, 0.3) is 0 Å². The van der Waals surface area contributed by atoms with Crippen LogP contribution in [0.1, 0.15) is 24.4 Å². The molecule has 0 spiro atoms. The van der Waals surface area contributed by atoms with Crippen molar-refractivity contribution in [3.8, 4) is 0 Å². The molecule has 3 rings (SSSR count). The van der Waals surface area contributed by atoms with Gasteiger partial charge in [-0.3, -0.25) is 14.6 Å². The lowest BCUT2D eigenvalue weighted by Crippen LogP contribution is -2.51. The lowest BCUT2D eigenvalue weighted by atomic mass is 10.0. The molecule has 1 N–H and O–H groups in total. The van der Waals surface area contributed by atoms with Crippen molar-refractivity contribution in [1.29, 1.82) is 0 Å². The van der Waals surface area contributed by atoms with E-state index in [4.69, 9.17) is 4.74 Å². The van der Waals surface area contributed by atoms with E-state index in [1.165, 1.54) is 0 Å². The maximum atomic E-state index is 12.8. The molecule has 0 aromatic heterocycles. The van der Waals surface area contributed by atoms with Crippen LogP contribution in [0.4, 0.5) is 0 Å². The summed E-state index contributed by atoms with van der Waals surface area (Å²) in [5, 5.41) is 3.18. The van der Waals surface area contributed by atoms with Crippen LogP contribution in [-0.2, 0) is 9.53 Å². The largest absolute Gasteiger partial charge is 0.383 e. The molecule has 1 saturated heterocycles. The zero-order valence-electron chi connectivity index (χ0n) is 13.9. The SMILES string of the molecule is COCCN1CCN([C@H](C(=O)NC2CC2)c2ccccc2)CC1. The van der Waals surface area contributed by atoms with Crippen molar-refractivity contribution in [3.05, 3.63) is 35.9 Å². The molecule has 5 nitrogen and oxygen atoms in total. The van der Waals surface area contributed by atoms with Crippen molar-refractivity contribution < 1.29 is 9.53 Å². The molecule has 0 radical (unpaired) electrons. The van der Waals surface area contributed by atoms with E-state index in [1.54, 1.807) is 7.11 Å². The van der Waals surface area contributed by atoms with Gasteiger partial charge in [-0.05, 0) is 18.4 Å². The molecule has 1 amide bonds. The van der Waals surface area contributed by atoms with Crippen LogP contribution in [-0.4, -0.2) is 68.2 Å². The van der Waals surface area contributed by atoms with Crippen LogP contribution in [0.3, 0.4) is 0 Å². The Balaban J connectivity index is 1.65. The fourth-order valence-corrected chi connectivity index (χ4v) is 3.14. The molecule has 2 aliphatic rings. The van der Waals surface area contributed by atoms with Crippen LogP contribution >= 0.6 is 0 Å². The molecule has 1 saturated carbocycles. The van der Waals surface area contributed by atoms with Crippen LogP contribution in [0.15, 0.2) is 30.3 Å². The van der Waals surface area contributed by atoms with Gasteiger partial charge < -0.3 is 10.1 Å². The highest BCUT2D eigenvalue weighted by Gasteiger charge is 2.33. The van der Waals surface area contributed by atoms with E-state index in [2.05, 4.69) is 27.2 Å². The van der Waals surface area contributed by atoms with Gasteiger partial charge in [0, 0.05) is 45.9 Å². The molecule has 1 atom stereocenters. The molecule has 0 unspecified atom stereocenters. The highest BCUT2D eigenvalue weighted by Crippen LogP contribution is 2.25. The minimum Gasteiger partial charge on any atom is -0.383 e. The molecule has 1 aromatic carbocycles. The minimum absolute atomic E-state index is 0.157. The third kappa shape index (κ3) is 4.53.